The highest BCUT2D eigenvalue weighted by Crippen LogP contribution is 2.26. The van der Waals surface area contributed by atoms with Gasteiger partial charge in [-0.2, -0.15) is 5.10 Å². The number of H-pyrrole nitrogens is 1. The van der Waals surface area contributed by atoms with Crippen molar-refractivity contribution in [1.82, 2.24) is 10.2 Å². The molecular formula is C18H16Cl2N2O2S3. The van der Waals surface area contributed by atoms with Crippen LogP contribution in [0, 0.1) is 3.95 Å². The molecule has 3 rings (SSSR count). The predicted octanol–water partition coefficient (Wildman–Crippen LogP) is 5.45. The molecule has 0 saturated carbocycles. The van der Waals surface area contributed by atoms with Gasteiger partial charge in [0, 0.05) is 22.4 Å². The number of nitrogens with zero attached hydrogens (tertiary/aromatic N) is 1. The van der Waals surface area contributed by atoms with Crippen LogP contribution in [0.1, 0.15) is 22.1 Å². The minimum absolute atomic E-state index is 0.00357. The lowest BCUT2D eigenvalue weighted by Gasteiger charge is -2.17. The lowest BCUT2D eigenvalue weighted by Crippen LogP contribution is -2.18. The Hall–Kier alpha value is -1.25. The quantitative estimate of drug-likeness (QED) is 0.478. The maximum atomic E-state index is 12.8. The molecule has 0 radical (unpaired) electrons. The molecule has 0 aliphatic heterocycles. The van der Waals surface area contributed by atoms with E-state index < -0.39 is 9.84 Å². The van der Waals surface area contributed by atoms with Crippen molar-refractivity contribution in [2.45, 2.75) is 18.1 Å². The number of aromatic nitrogens is 2. The number of sulfone groups is 1. The van der Waals surface area contributed by atoms with Gasteiger partial charge in [-0.1, -0.05) is 58.8 Å². The molecule has 2 aromatic carbocycles. The number of rotatable bonds is 7. The molecule has 0 aliphatic carbocycles. The van der Waals surface area contributed by atoms with E-state index in [1.807, 2.05) is 12.1 Å². The van der Waals surface area contributed by atoms with Crippen LogP contribution in [0.4, 0.5) is 0 Å². The van der Waals surface area contributed by atoms with E-state index in [0.717, 1.165) is 10.6 Å². The van der Waals surface area contributed by atoms with E-state index in [-0.39, 0.29) is 17.4 Å². The number of hydrogen-bond acceptors (Lipinski definition) is 5. The summed E-state index contributed by atoms with van der Waals surface area (Å²) in [4.78, 5) is 0. The summed E-state index contributed by atoms with van der Waals surface area (Å²) >= 11 is 18.3. The van der Waals surface area contributed by atoms with Crippen molar-refractivity contribution >= 4 is 56.6 Å². The van der Waals surface area contributed by atoms with Crippen LogP contribution in [0.3, 0.4) is 0 Å². The molecule has 0 saturated heterocycles. The van der Waals surface area contributed by atoms with Gasteiger partial charge >= 0.3 is 0 Å². The largest absolute Gasteiger partial charge is 0.258 e. The first-order chi connectivity index (χ1) is 12.8. The van der Waals surface area contributed by atoms with E-state index >= 15 is 0 Å². The van der Waals surface area contributed by atoms with Crippen molar-refractivity contribution in [2.75, 3.05) is 5.75 Å². The first-order valence-corrected chi connectivity index (χ1v) is 11.9. The SMILES string of the molecule is O=S(=O)(Cc1ccc(Cl)cc1)CC(Cc1n[nH]c(=S)s1)c1ccc(Cl)cc1. The molecule has 1 heterocycles. The Labute approximate surface area is 177 Å². The Kier molecular flexibility index (Phi) is 6.70. The second-order valence-electron chi connectivity index (χ2n) is 6.14. The molecule has 3 aromatic rings. The Balaban J connectivity index is 1.83. The fourth-order valence-corrected chi connectivity index (χ4v) is 5.78. The summed E-state index contributed by atoms with van der Waals surface area (Å²) in [6.45, 7) is 0. The minimum atomic E-state index is -3.35. The molecular weight excluding hydrogens is 443 g/mol. The second kappa shape index (κ2) is 8.84. The number of halogens is 2. The third-order valence-electron chi connectivity index (χ3n) is 4.00. The lowest BCUT2D eigenvalue weighted by molar-refractivity contribution is 0.585. The number of nitrogens with one attached hydrogen (secondary N) is 1. The Morgan fingerprint density at radius 1 is 1.04 bits per heavy atom. The predicted molar refractivity (Wildman–Crippen MR) is 114 cm³/mol. The highest BCUT2D eigenvalue weighted by molar-refractivity contribution is 7.90. The molecule has 0 amide bonds. The van der Waals surface area contributed by atoms with Gasteiger partial charge in [-0.05, 0) is 47.6 Å². The normalized spacial score (nSPS) is 12.8. The topological polar surface area (TPSA) is 62.8 Å². The average molecular weight is 459 g/mol. The third kappa shape index (κ3) is 6.12. The molecule has 0 fully saturated rings. The summed E-state index contributed by atoms with van der Waals surface area (Å²) in [7, 11) is -3.35. The molecule has 1 unspecified atom stereocenters. The van der Waals surface area contributed by atoms with Gasteiger partial charge in [0.2, 0.25) is 0 Å². The summed E-state index contributed by atoms with van der Waals surface area (Å²) in [6.07, 6.45) is 0.485. The van der Waals surface area contributed by atoms with Crippen molar-refractivity contribution in [3.8, 4) is 0 Å². The van der Waals surface area contributed by atoms with Gasteiger partial charge in [0.1, 0.15) is 5.01 Å². The van der Waals surface area contributed by atoms with Gasteiger partial charge in [-0.15, -0.1) is 0 Å². The molecule has 0 spiro atoms. The standard InChI is InChI=1S/C18H16Cl2N2O2S3/c19-15-5-1-12(2-6-15)10-27(23,24)11-14(9-17-21-22-18(25)26-17)13-3-7-16(20)8-4-13/h1-8,14H,9-11H2,(H,22,25). The summed E-state index contributed by atoms with van der Waals surface area (Å²) in [6, 6.07) is 14.1. The van der Waals surface area contributed by atoms with Crippen LogP contribution >= 0.6 is 46.8 Å². The number of hydrogen-bond donors (Lipinski definition) is 1. The van der Waals surface area contributed by atoms with Gasteiger partial charge in [0.05, 0.1) is 11.5 Å². The average Bonchev–Trinajstić information content (AvgIpc) is 3.01. The zero-order chi connectivity index (χ0) is 19.4. The number of aromatic amines is 1. The van der Waals surface area contributed by atoms with Crippen LogP contribution in [0.25, 0.3) is 0 Å². The van der Waals surface area contributed by atoms with E-state index in [0.29, 0.717) is 26.0 Å². The van der Waals surface area contributed by atoms with Gasteiger partial charge in [-0.25, -0.2) is 8.42 Å². The van der Waals surface area contributed by atoms with Gasteiger partial charge in [-0.3, -0.25) is 5.10 Å². The molecule has 142 valence electrons. The summed E-state index contributed by atoms with van der Waals surface area (Å²) in [5.41, 5.74) is 1.62. The zero-order valence-electron chi connectivity index (χ0n) is 14.1. The van der Waals surface area contributed by atoms with E-state index in [1.54, 1.807) is 36.4 Å². The lowest BCUT2D eigenvalue weighted by atomic mass is 9.98. The van der Waals surface area contributed by atoms with Crippen molar-refractivity contribution in [3.05, 3.63) is 78.7 Å². The minimum Gasteiger partial charge on any atom is -0.258 e. The van der Waals surface area contributed by atoms with Crippen molar-refractivity contribution in [3.63, 3.8) is 0 Å². The second-order valence-corrected chi connectivity index (χ2v) is 10.9. The van der Waals surface area contributed by atoms with E-state index in [4.69, 9.17) is 35.4 Å². The van der Waals surface area contributed by atoms with Crippen molar-refractivity contribution in [2.24, 2.45) is 0 Å². The zero-order valence-corrected chi connectivity index (χ0v) is 18.0. The Morgan fingerprint density at radius 2 is 1.63 bits per heavy atom. The van der Waals surface area contributed by atoms with Crippen LogP contribution < -0.4 is 0 Å². The molecule has 1 aromatic heterocycles. The van der Waals surface area contributed by atoms with Crippen LogP contribution in [-0.2, 0) is 22.0 Å². The summed E-state index contributed by atoms with van der Waals surface area (Å²) in [5, 5.41) is 8.89. The van der Waals surface area contributed by atoms with E-state index in [9.17, 15) is 8.42 Å². The highest BCUT2D eigenvalue weighted by Gasteiger charge is 2.23. The molecule has 9 heteroatoms. The van der Waals surface area contributed by atoms with Crippen LogP contribution in [-0.4, -0.2) is 24.4 Å². The molecule has 27 heavy (non-hydrogen) atoms. The van der Waals surface area contributed by atoms with E-state index in [2.05, 4.69) is 10.2 Å². The fourth-order valence-electron chi connectivity index (χ4n) is 2.77. The molecule has 0 aliphatic rings. The third-order valence-corrected chi connectivity index (χ3v) is 7.30. The van der Waals surface area contributed by atoms with Crippen LogP contribution in [0.2, 0.25) is 10.0 Å². The maximum Gasteiger partial charge on any atom is 0.176 e. The van der Waals surface area contributed by atoms with E-state index in [1.165, 1.54) is 11.3 Å². The van der Waals surface area contributed by atoms with Gasteiger partial charge in [0.15, 0.2) is 13.8 Å². The first-order valence-electron chi connectivity index (χ1n) is 8.05. The molecule has 4 nitrogen and oxygen atoms in total. The monoisotopic (exact) mass is 458 g/mol. The number of benzene rings is 2. The Bertz CT molecular complexity index is 1060. The fraction of sp³-hybridized carbons (Fsp3) is 0.222. The van der Waals surface area contributed by atoms with Gasteiger partial charge in [0.25, 0.3) is 0 Å². The first kappa shape index (κ1) is 20.5. The smallest absolute Gasteiger partial charge is 0.176 e. The van der Waals surface area contributed by atoms with Crippen LogP contribution in [0.5, 0.6) is 0 Å². The maximum absolute atomic E-state index is 12.8. The Morgan fingerprint density at radius 3 is 2.19 bits per heavy atom. The molecule has 1 atom stereocenters. The molecule has 0 bridgehead atoms. The van der Waals surface area contributed by atoms with Crippen LogP contribution in [0.15, 0.2) is 48.5 Å². The molecule has 1 N–H and O–H groups in total. The highest BCUT2D eigenvalue weighted by atomic mass is 35.5. The summed E-state index contributed by atoms with van der Waals surface area (Å²) < 4.78 is 26.2. The van der Waals surface area contributed by atoms with Crippen molar-refractivity contribution < 1.29 is 8.42 Å². The van der Waals surface area contributed by atoms with Gasteiger partial charge < -0.3 is 0 Å². The summed E-state index contributed by atoms with van der Waals surface area (Å²) in [5.74, 6) is -0.276. The van der Waals surface area contributed by atoms with Crippen molar-refractivity contribution in [1.29, 1.82) is 0 Å².